The molecule has 6 heteroatoms. The summed E-state index contributed by atoms with van der Waals surface area (Å²) in [5, 5.41) is 7.01. The summed E-state index contributed by atoms with van der Waals surface area (Å²) in [5.41, 5.74) is 11.5. The molecule has 0 atom stereocenters. The first-order chi connectivity index (χ1) is 31.9. The maximum atomic E-state index is 6.77. The molecule has 0 fully saturated rings. The van der Waals surface area contributed by atoms with Gasteiger partial charge in [0.25, 0.3) is 6.33 Å². The summed E-state index contributed by atoms with van der Waals surface area (Å²) in [6.45, 7) is 6.72. The number of pyridine rings is 1. The van der Waals surface area contributed by atoms with Gasteiger partial charge >= 0.3 is 0 Å². The molecular weight excluding hydrogens is 988 g/mol. The van der Waals surface area contributed by atoms with Crippen molar-refractivity contribution < 1.29 is 30.4 Å². The van der Waals surface area contributed by atoms with Gasteiger partial charge in [0.1, 0.15) is 5.82 Å². The van der Waals surface area contributed by atoms with Gasteiger partial charge in [0.15, 0.2) is 0 Å². The number of ether oxygens (including phenoxy) is 1. The maximum absolute atomic E-state index is 6.77. The number of aromatic nitrogens is 4. The van der Waals surface area contributed by atoms with Crippen molar-refractivity contribution in [3.63, 3.8) is 0 Å². The van der Waals surface area contributed by atoms with Crippen molar-refractivity contribution >= 4 is 54.4 Å². The normalized spacial score (nSPS) is 11.7. The second-order valence-electron chi connectivity index (χ2n) is 17.6. The predicted octanol–water partition coefficient (Wildman–Crippen LogP) is 14.5. The third-order valence-electron chi connectivity index (χ3n) is 12.6. The van der Waals surface area contributed by atoms with Crippen LogP contribution < -0.4 is 9.30 Å². The number of hydrogen-bond donors (Lipinski definition) is 0. The Morgan fingerprint density at radius 3 is 1.86 bits per heavy atom. The molecule has 0 N–H and O–H groups in total. The minimum atomic E-state index is -0.0682. The first-order valence-electron chi connectivity index (χ1n) is 22.1. The molecular formula is C60H42N4OPt-2. The molecule has 0 amide bonds. The SMILES string of the molecule is CC(C)(C)c1ccnc(-n2c3[c-]c(Oc4[c-]c(-n5[c-][n+](-c6c(-c7ccccc7)cccc6-c6ccccc6)c6ccccc65)ccc4)ccc3c3c4ccccc4c4ccccc4c32)c1.[Pt]. The van der Waals surface area contributed by atoms with Crippen LogP contribution in [0.5, 0.6) is 11.5 Å². The number of rotatable bonds is 7. The van der Waals surface area contributed by atoms with E-state index in [0.717, 1.165) is 72.3 Å². The van der Waals surface area contributed by atoms with Crippen LogP contribution in [0.15, 0.2) is 200 Å². The van der Waals surface area contributed by atoms with Gasteiger partial charge in [-0.25, -0.2) is 4.98 Å². The van der Waals surface area contributed by atoms with Crippen LogP contribution in [0, 0.1) is 18.5 Å². The average molecular weight is 1030 g/mol. The van der Waals surface area contributed by atoms with Gasteiger partial charge in [-0.1, -0.05) is 178 Å². The van der Waals surface area contributed by atoms with Crippen LogP contribution in [0.4, 0.5) is 0 Å². The van der Waals surface area contributed by atoms with Crippen molar-refractivity contribution in [2.75, 3.05) is 0 Å². The van der Waals surface area contributed by atoms with E-state index in [-0.39, 0.29) is 26.5 Å². The van der Waals surface area contributed by atoms with Gasteiger partial charge in [-0.2, -0.15) is 18.2 Å². The molecule has 0 saturated heterocycles. The van der Waals surface area contributed by atoms with E-state index in [1.165, 1.54) is 27.1 Å². The minimum absolute atomic E-state index is 0. The zero-order valence-corrected chi connectivity index (χ0v) is 38.8. The van der Waals surface area contributed by atoms with E-state index >= 15 is 0 Å². The molecule has 9 aromatic carbocycles. The van der Waals surface area contributed by atoms with Gasteiger partial charge in [-0.3, -0.25) is 4.57 Å². The molecule has 0 radical (unpaired) electrons. The van der Waals surface area contributed by atoms with Crippen molar-refractivity contribution in [1.29, 1.82) is 0 Å². The first-order valence-corrected chi connectivity index (χ1v) is 22.1. The fourth-order valence-electron chi connectivity index (χ4n) is 9.51. The zero-order valence-electron chi connectivity index (χ0n) is 36.6. The van der Waals surface area contributed by atoms with Gasteiger partial charge < -0.3 is 13.9 Å². The summed E-state index contributed by atoms with van der Waals surface area (Å²) in [7, 11) is 0. The molecule has 3 heterocycles. The van der Waals surface area contributed by atoms with Crippen molar-refractivity contribution in [2.45, 2.75) is 26.2 Å². The van der Waals surface area contributed by atoms with Crippen LogP contribution in [0.2, 0.25) is 0 Å². The van der Waals surface area contributed by atoms with E-state index in [1.807, 2.05) is 24.4 Å². The number of imidazole rings is 1. The summed E-state index contributed by atoms with van der Waals surface area (Å²) in [4.78, 5) is 5.02. The molecule has 0 unspecified atom stereocenters. The zero-order chi connectivity index (χ0) is 43.6. The van der Waals surface area contributed by atoms with Gasteiger partial charge in [0.2, 0.25) is 0 Å². The number of benzene rings is 9. The van der Waals surface area contributed by atoms with E-state index in [0.29, 0.717) is 11.5 Å². The third kappa shape index (κ3) is 6.90. The van der Waals surface area contributed by atoms with Crippen LogP contribution in [0.1, 0.15) is 26.3 Å². The fraction of sp³-hybridized carbons (Fsp3) is 0.0667. The van der Waals surface area contributed by atoms with E-state index in [1.54, 1.807) is 0 Å². The maximum Gasteiger partial charge on any atom is 0.268 e. The molecule has 0 aliphatic heterocycles. The summed E-state index contributed by atoms with van der Waals surface area (Å²) in [6, 6.07) is 75.4. The van der Waals surface area contributed by atoms with Crippen LogP contribution in [0.3, 0.4) is 0 Å². The minimum Gasteiger partial charge on any atom is -0.510 e. The van der Waals surface area contributed by atoms with Gasteiger partial charge in [-0.05, 0) is 72.6 Å². The van der Waals surface area contributed by atoms with Crippen LogP contribution in [-0.2, 0) is 26.5 Å². The van der Waals surface area contributed by atoms with Crippen LogP contribution >= 0.6 is 0 Å². The molecule has 0 aliphatic rings. The average Bonchev–Trinajstić information content (AvgIpc) is 3.91. The fourth-order valence-corrected chi connectivity index (χ4v) is 9.51. The van der Waals surface area contributed by atoms with Crippen molar-refractivity contribution in [3.8, 4) is 50.9 Å². The summed E-state index contributed by atoms with van der Waals surface area (Å²) < 4.78 is 13.3. The Balaban J connectivity index is 0.00000481. The van der Waals surface area contributed by atoms with E-state index in [4.69, 9.17) is 9.72 Å². The quantitative estimate of drug-likeness (QED) is 0.0906. The smallest absolute Gasteiger partial charge is 0.268 e. The van der Waals surface area contributed by atoms with Gasteiger partial charge in [0.05, 0.1) is 16.7 Å². The molecule has 12 rings (SSSR count). The molecule has 320 valence electrons. The summed E-state index contributed by atoms with van der Waals surface area (Å²) in [6.07, 6.45) is 5.69. The van der Waals surface area contributed by atoms with E-state index in [2.05, 4.69) is 229 Å². The number of para-hydroxylation sites is 3. The van der Waals surface area contributed by atoms with Gasteiger partial charge in [0, 0.05) is 49.7 Å². The van der Waals surface area contributed by atoms with E-state index in [9.17, 15) is 0 Å². The first kappa shape index (κ1) is 41.1. The Labute approximate surface area is 398 Å². The predicted molar refractivity (Wildman–Crippen MR) is 265 cm³/mol. The van der Waals surface area contributed by atoms with Crippen molar-refractivity contribution in [3.05, 3.63) is 224 Å². The Morgan fingerprint density at radius 1 is 0.545 bits per heavy atom. The molecule has 3 aromatic heterocycles. The second-order valence-corrected chi connectivity index (χ2v) is 17.6. The van der Waals surface area contributed by atoms with Crippen LogP contribution in [-0.4, -0.2) is 14.1 Å². The molecule has 0 aliphatic carbocycles. The second kappa shape index (κ2) is 16.4. The van der Waals surface area contributed by atoms with Crippen LogP contribution in [0.25, 0.3) is 93.8 Å². The molecule has 0 spiro atoms. The van der Waals surface area contributed by atoms with Crippen molar-refractivity contribution in [1.82, 2.24) is 14.1 Å². The Hall–Kier alpha value is -7.59. The number of hydrogen-bond acceptors (Lipinski definition) is 2. The van der Waals surface area contributed by atoms with Gasteiger partial charge in [-0.15, -0.1) is 29.7 Å². The Morgan fingerprint density at radius 2 is 1.15 bits per heavy atom. The Kier molecular flexibility index (Phi) is 10.2. The van der Waals surface area contributed by atoms with E-state index < -0.39 is 0 Å². The van der Waals surface area contributed by atoms with Crippen molar-refractivity contribution in [2.24, 2.45) is 0 Å². The topological polar surface area (TPSA) is 35.9 Å². The summed E-state index contributed by atoms with van der Waals surface area (Å²) in [5.74, 6) is 1.99. The largest absolute Gasteiger partial charge is 0.510 e. The monoisotopic (exact) mass is 1030 g/mol. The Bertz CT molecular complexity index is 3730. The standard InChI is InChI=1S/C60H42N4O.Pt/c1-60(2,3)42-34-35-61-56(36-42)64-55-38-45(32-33-52(55)57-50-26-12-10-24-48(50)49-25-11-13-27-51(49)59(57)64)65-44-23-16-22-43(37-44)62-39-63(54-31-15-14-30-53(54)62)58-46(40-18-6-4-7-19-40)28-17-29-47(58)41-20-8-5-9-21-41;/h4-36H,1-3H3;/q-2;. The third-order valence-corrected chi connectivity index (χ3v) is 12.6. The molecule has 12 aromatic rings. The molecule has 66 heavy (non-hydrogen) atoms. The molecule has 5 nitrogen and oxygen atoms in total. The molecule has 0 saturated carbocycles. The summed E-state index contributed by atoms with van der Waals surface area (Å²) >= 11 is 0. The number of nitrogens with zero attached hydrogens (tertiary/aromatic N) is 4. The molecule has 0 bridgehead atoms. The number of fused-ring (bicyclic) bond motifs is 9.